The summed E-state index contributed by atoms with van der Waals surface area (Å²) in [6, 6.07) is 16.4. The second-order valence-corrected chi connectivity index (χ2v) is 7.39. The Hall–Kier alpha value is -2.66. The highest BCUT2D eigenvalue weighted by atomic mass is 35.5. The standard InChI is InChI=1S/C21H24ClN5/c1-13(2)15-5-9-17(10-6-15)23-20-25-19(22)26-21(27-20)24-18-11-7-16(8-12-18)14(3)4/h5-14H,1-4H3,(H2,23,24,25,26,27). The van der Waals surface area contributed by atoms with Crippen LogP contribution in [0.15, 0.2) is 48.5 Å². The van der Waals surface area contributed by atoms with Gasteiger partial charge in [0.25, 0.3) is 0 Å². The minimum atomic E-state index is 0.132. The lowest BCUT2D eigenvalue weighted by Crippen LogP contribution is -2.04. The minimum absolute atomic E-state index is 0.132. The van der Waals surface area contributed by atoms with E-state index in [1.54, 1.807) is 0 Å². The lowest BCUT2D eigenvalue weighted by molar-refractivity contribution is 0.867. The number of hydrogen-bond donors (Lipinski definition) is 2. The molecule has 0 atom stereocenters. The lowest BCUT2D eigenvalue weighted by Gasteiger charge is -2.11. The molecule has 0 saturated heterocycles. The van der Waals surface area contributed by atoms with Gasteiger partial charge in [0.05, 0.1) is 0 Å². The Labute approximate surface area is 165 Å². The van der Waals surface area contributed by atoms with E-state index >= 15 is 0 Å². The molecule has 27 heavy (non-hydrogen) atoms. The van der Waals surface area contributed by atoms with Gasteiger partial charge in [-0.25, -0.2) is 0 Å². The molecule has 0 aliphatic heterocycles. The van der Waals surface area contributed by atoms with E-state index in [1.165, 1.54) is 11.1 Å². The van der Waals surface area contributed by atoms with Crippen LogP contribution in [0.4, 0.5) is 23.3 Å². The first-order valence-corrected chi connectivity index (χ1v) is 9.44. The average molecular weight is 382 g/mol. The van der Waals surface area contributed by atoms with Gasteiger partial charge in [0.2, 0.25) is 17.2 Å². The van der Waals surface area contributed by atoms with Gasteiger partial charge >= 0.3 is 0 Å². The Morgan fingerprint density at radius 3 is 1.33 bits per heavy atom. The highest BCUT2D eigenvalue weighted by Crippen LogP contribution is 2.22. The summed E-state index contributed by atoms with van der Waals surface area (Å²) in [4.78, 5) is 12.7. The smallest absolute Gasteiger partial charge is 0.233 e. The topological polar surface area (TPSA) is 62.7 Å². The second kappa shape index (κ2) is 8.35. The van der Waals surface area contributed by atoms with Crippen molar-refractivity contribution in [3.63, 3.8) is 0 Å². The molecule has 1 heterocycles. The monoisotopic (exact) mass is 381 g/mol. The predicted molar refractivity (Wildman–Crippen MR) is 112 cm³/mol. The highest BCUT2D eigenvalue weighted by molar-refractivity contribution is 6.28. The van der Waals surface area contributed by atoms with Crippen LogP contribution in [0, 0.1) is 0 Å². The van der Waals surface area contributed by atoms with Crippen molar-refractivity contribution in [1.29, 1.82) is 0 Å². The van der Waals surface area contributed by atoms with Gasteiger partial charge in [0.1, 0.15) is 0 Å². The van der Waals surface area contributed by atoms with E-state index in [1.807, 2.05) is 24.3 Å². The van der Waals surface area contributed by atoms with E-state index < -0.39 is 0 Å². The van der Waals surface area contributed by atoms with Gasteiger partial charge in [-0.2, -0.15) is 15.0 Å². The van der Waals surface area contributed by atoms with E-state index in [2.05, 4.69) is 77.5 Å². The molecule has 5 nitrogen and oxygen atoms in total. The Bertz CT molecular complexity index is 818. The van der Waals surface area contributed by atoms with Crippen molar-refractivity contribution in [2.24, 2.45) is 0 Å². The van der Waals surface area contributed by atoms with Gasteiger partial charge < -0.3 is 10.6 Å². The first-order valence-electron chi connectivity index (χ1n) is 9.06. The Morgan fingerprint density at radius 2 is 1.00 bits per heavy atom. The lowest BCUT2D eigenvalue weighted by atomic mass is 10.0. The van der Waals surface area contributed by atoms with Crippen LogP contribution in [0.3, 0.4) is 0 Å². The Balaban J connectivity index is 1.75. The van der Waals surface area contributed by atoms with Crippen molar-refractivity contribution in [2.45, 2.75) is 39.5 Å². The molecule has 3 aromatic rings. The zero-order valence-electron chi connectivity index (χ0n) is 16.0. The van der Waals surface area contributed by atoms with Gasteiger partial charge in [-0.15, -0.1) is 0 Å². The van der Waals surface area contributed by atoms with Crippen LogP contribution in [0.1, 0.15) is 50.7 Å². The summed E-state index contributed by atoms with van der Waals surface area (Å²) in [5.41, 5.74) is 4.35. The fourth-order valence-electron chi connectivity index (χ4n) is 2.62. The molecule has 1 aromatic heterocycles. The zero-order chi connectivity index (χ0) is 19.4. The fraction of sp³-hybridized carbons (Fsp3) is 0.286. The zero-order valence-corrected chi connectivity index (χ0v) is 16.7. The van der Waals surface area contributed by atoms with E-state index in [0.717, 1.165) is 11.4 Å². The van der Waals surface area contributed by atoms with Crippen molar-refractivity contribution in [2.75, 3.05) is 10.6 Å². The van der Waals surface area contributed by atoms with Crippen LogP contribution in [0.5, 0.6) is 0 Å². The maximum Gasteiger partial charge on any atom is 0.233 e. The van der Waals surface area contributed by atoms with Crippen molar-refractivity contribution >= 4 is 34.9 Å². The summed E-state index contributed by atoms with van der Waals surface area (Å²) in [5.74, 6) is 1.77. The van der Waals surface area contributed by atoms with Crippen LogP contribution in [0.25, 0.3) is 0 Å². The molecule has 0 fully saturated rings. The van der Waals surface area contributed by atoms with Crippen LogP contribution in [-0.4, -0.2) is 15.0 Å². The molecule has 0 unspecified atom stereocenters. The van der Waals surface area contributed by atoms with Crippen molar-refractivity contribution in [1.82, 2.24) is 15.0 Å². The largest absolute Gasteiger partial charge is 0.324 e. The second-order valence-electron chi connectivity index (χ2n) is 7.06. The summed E-state index contributed by atoms with van der Waals surface area (Å²) in [6.07, 6.45) is 0. The Morgan fingerprint density at radius 1 is 0.630 bits per heavy atom. The highest BCUT2D eigenvalue weighted by Gasteiger charge is 2.07. The first kappa shape index (κ1) is 19.1. The number of rotatable bonds is 6. The normalized spacial score (nSPS) is 11.1. The third-order valence-corrected chi connectivity index (χ3v) is 4.44. The average Bonchev–Trinajstić information content (AvgIpc) is 2.62. The molecule has 0 saturated carbocycles. The quantitative estimate of drug-likeness (QED) is 0.527. The minimum Gasteiger partial charge on any atom is -0.324 e. The van der Waals surface area contributed by atoms with Crippen molar-refractivity contribution < 1.29 is 0 Å². The maximum absolute atomic E-state index is 6.07. The summed E-state index contributed by atoms with van der Waals surface area (Å²) < 4.78 is 0. The maximum atomic E-state index is 6.07. The fourth-order valence-corrected chi connectivity index (χ4v) is 2.78. The van der Waals surface area contributed by atoms with Gasteiger partial charge in [-0.3, -0.25) is 0 Å². The van der Waals surface area contributed by atoms with E-state index in [-0.39, 0.29) is 5.28 Å². The molecule has 140 valence electrons. The van der Waals surface area contributed by atoms with Gasteiger partial charge in [0, 0.05) is 11.4 Å². The van der Waals surface area contributed by atoms with Crippen molar-refractivity contribution in [3.05, 3.63) is 64.9 Å². The number of aromatic nitrogens is 3. The van der Waals surface area contributed by atoms with Gasteiger partial charge in [-0.1, -0.05) is 52.0 Å². The van der Waals surface area contributed by atoms with E-state index in [4.69, 9.17) is 11.6 Å². The van der Waals surface area contributed by atoms with Crippen molar-refractivity contribution in [3.8, 4) is 0 Å². The number of nitrogens with one attached hydrogen (secondary N) is 2. The number of anilines is 4. The molecule has 0 aliphatic rings. The first-order chi connectivity index (χ1) is 12.9. The van der Waals surface area contributed by atoms with Gasteiger partial charge in [-0.05, 0) is 58.8 Å². The van der Waals surface area contributed by atoms with Crippen LogP contribution < -0.4 is 10.6 Å². The number of halogens is 1. The van der Waals surface area contributed by atoms with E-state index in [0.29, 0.717) is 23.7 Å². The summed E-state index contributed by atoms with van der Waals surface area (Å²) in [6.45, 7) is 8.67. The summed E-state index contributed by atoms with van der Waals surface area (Å²) in [5, 5.41) is 6.48. The van der Waals surface area contributed by atoms with Crippen LogP contribution in [0.2, 0.25) is 5.28 Å². The predicted octanol–water partition coefficient (Wildman–Crippen LogP) is 6.26. The van der Waals surface area contributed by atoms with Gasteiger partial charge in [0.15, 0.2) is 0 Å². The van der Waals surface area contributed by atoms with Crippen LogP contribution >= 0.6 is 11.6 Å². The molecule has 0 spiro atoms. The molecule has 0 radical (unpaired) electrons. The third kappa shape index (κ3) is 5.17. The molecular weight excluding hydrogens is 358 g/mol. The molecule has 0 aliphatic carbocycles. The number of nitrogens with zero attached hydrogens (tertiary/aromatic N) is 3. The summed E-state index contributed by atoms with van der Waals surface area (Å²) >= 11 is 6.07. The SMILES string of the molecule is CC(C)c1ccc(Nc2nc(Cl)nc(Nc3ccc(C(C)C)cc3)n2)cc1. The Kier molecular flexibility index (Phi) is 5.91. The van der Waals surface area contributed by atoms with E-state index in [9.17, 15) is 0 Å². The van der Waals surface area contributed by atoms with Crippen LogP contribution in [-0.2, 0) is 0 Å². The molecule has 0 amide bonds. The molecule has 2 aromatic carbocycles. The third-order valence-electron chi connectivity index (χ3n) is 4.28. The molecule has 0 bridgehead atoms. The molecule has 3 rings (SSSR count). The number of benzene rings is 2. The molecular formula is C21H24ClN5. The summed E-state index contributed by atoms with van der Waals surface area (Å²) in [7, 11) is 0. The molecule has 2 N–H and O–H groups in total. The number of hydrogen-bond acceptors (Lipinski definition) is 5. The molecule has 6 heteroatoms.